The molecule has 0 radical (unpaired) electrons. The lowest BCUT2D eigenvalue weighted by Crippen LogP contribution is -2.43. The average molecular weight is 407 g/mol. The van der Waals surface area contributed by atoms with Gasteiger partial charge in [0.05, 0.1) is 24.5 Å². The molecule has 29 heavy (non-hydrogen) atoms. The van der Waals surface area contributed by atoms with Crippen molar-refractivity contribution < 1.29 is 29.3 Å². The Balaban J connectivity index is 1.74. The van der Waals surface area contributed by atoms with Gasteiger partial charge in [0.15, 0.2) is 0 Å². The molecule has 0 aromatic rings. The molecule has 6 nitrogen and oxygen atoms in total. The van der Waals surface area contributed by atoms with E-state index in [0.717, 1.165) is 18.4 Å². The molecule has 1 aliphatic heterocycles. The van der Waals surface area contributed by atoms with Gasteiger partial charge in [-0.3, -0.25) is 9.59 Å². The van der Waals surface area contributed by atoms with E-state index in [1.165, 1.54) is 0 Å². The maximum absolute atomic E-state index is 12.5. The van der Waals surface area contributed by atoms with Gasteiger partial charge in [0, 0.05) is 18.8 Å². The minimum Gasteiger partial charge on any atom is -0.462 e. The van der Waals surface area contributed by atoms with Gasteiger partial charge in [-0.1, -0.05) is 39.0 Å². The summed E-state index contributed by atoms with van der Waals surface area (Å²) in [7, 11) is 0. The quantitative estimate of drug-likeness (QED) is 0.659. The molecule has 0 aromatic heterocycles. The number of aliphatic hydroxyl groups excluding tert-OH is 2. The van der Waals surface area contributed by atoms with E-state index in [-0.39, 0.29) is 54.2 Å². The van der Waals surface area contributed by atoms with Crippen LogP contribution in [0, 0.1) is 23.7 Å². The molecule has 3 aliphatic rings. The van der Waals surface area contributed by atoms with Crippen molar-refractivity contribution in [2.45, 2.75) is 83.7 Å². The van der Waals surface area contributed by atoms with E-state index >= 15 is 0 Å². The minimum atomic E-state index is -0.630. The van der Waals surface area contributed by atoms with Gasteiger partial charge in [0.1, 0.15) is 12.2 Å². The molecule has 1 heterocycles. The maximum atomic E-state index is 12.5. The van der Waals surface area contributed by atoms with E-state index in [2.05, 4.69) is 13.0 Å². The zero-order valence-electron chi connectivity index (χ0n) is 17.6. The van der Waals surface area contributed by atoms with Gasteiger partial charge in [0.2, 0.25) is 0 Å². The minimum absolute atomic E-state index is 0.0237. The predicted molar refractivity (Wildman–Crippen MR) is 108 cm³/mol. The summed E-state index contributed by atoms with van der Waals surface area (Å²) in [5, 5.41) is 20.2. The molecule has 3 rings (SSSR count). The van der Waals surface area contributed by atoms with E-state index in [4.69, 9.17) is 9.47 Å². The van der Waals surface area contributed by atoms with Crippen LogP contribution >= 0.6 is 0 Å². The highest BCUT2D eigenvalue weighted by molar-refractivity contribution is 5.72. The number of esters is 2. The summed E-state index contributed by atoms with van der Waals surface area (Å²) in [6, 6.07) is 0. The van der Waals surface area contributed by atoms with Crippen molar-refractivity contribution >= 4 is 11.9 Å². The Kier molecular flexibility index (Phi) is 7.17. The normalized spacial score (nSPS) is 37.9. The van der Waals surface area contributed by atoms with Gasteiger partial charge in [0.25, 0.3) is 0 Å². The Bertz CT molecular complexity index is 668. The lowest BCUT2D eigenvalue weighted by Gasteiger charge is -2.43. The second kappa shape index (κ2) is 9.43. The number of hydrogen-bond donors (Lipinski definition) is 2. The highest BCUT2D eigenvalue weighted by Gasteiger charge is 2.42. The first-order valence-corrected chi connectivity index (χ1v) is 10.9. The van der Waals surface area contributed by atoms with Gasteiger partial charge >= 0.3 is 11.9 Å². The molecule has 2 N–H and O–H groups in total. The molecule has 8 atom stereocenters. The van der Waals surface area contributed by atoms with Crippen molar-refractivity contribution in [3.05, 3.63) is 23.8 Å². The lowest BCUT2D eigenvalue weighted by molar-refractivity contribution is -0.162. The van der Waals surface area contributed by atoms with Crippen LogP contribution in [0.15, 0.2) is 23.8 Å². The van der Waals surface area contributed by atoms with Crippen LogP contribution < -0.4 is 0 Å². The molecule has 0 amide bonds. The smallest absolute Gasteiger partial charge is 0.308 e. The SMILES string of the molecule is CC[C@@H](C)C(=O)OC1C[C@@H](O)C=C2C=C[C@@H](C)[C@@H](CC[C@H]3CC(O)CC(=O)O3)[C@@H]21. The van der Waals surface area contributed by atoms with Gasteiger partial charge in [-0.25, -0.2) is 0 Å². The molecule has 0 saturated carbocycles. The first-order valence-electron chi connectivity index (χ1n) is 10.9. The van der Waals surface area contributed by atoms with Crippen molar-refractivity contribution in [2.24, 2.45) is 23.7 Å². The Morgan fingerprint density at radius 3 is 2.76 bits per heavy atom. The Labute approximate surface area is 173 Å². The summed E-state index contributed by atoms with van der Waals surface area (Å²) >= 11 is 0. The molecule has 1 fully saturated rings. The Hall–Kier alpha value is -1.66. The van der Waals surface area contributed by atoms with Crippen molar-refractivity contribution in [1.29, 1.82) is 0 Å². The van der Waals surface area contributed by atoms with Crippen LogP contribution in [0.25, 0.3) is 0 Å². The molecule has 162 valence electrons. The molecular weight excluding hydrogens is 372 g/mol. The van der Waals surface area contributed by atoms with Crippen LogP contribution in [0.3, 0.4) is 0 Å². The van der Waals surface area contributed by atoms with Crippen molar-refractivity contribution in [2.75, 3.05) is 0 Å². The molecular formula is C23H34O6. The summed E-state index contributed by atoms with van der Waals surface area (Å²) in [6.07, 6.45) is 7.31. The van der Waals surface area contributed by atoms with Crippen LogP contribution in [0.5, 0.6) is 0 Å². The van der Waals surface area contributed by atoms with E-state index in [1.807, 2.05) is 26.0 Å². The highest BCUT2D eigenvalue weighted by Crippen LogP contribution is 2.44. The fraction of sp³-hybridized carbons (Fsp3) is 0.739. The first kappa shape index (κ1) is 22.0. The predicted octanol–water partition coefficient (Wildman–Crippen LogP) is 2.92. The summed E-state index contributed by atoms with van der Waals surface area (Å²) in [5.74, 6) is -0.203. The molecule has 0 spiro atoms. The number of allylic oxidation sites excluding steroid dienone is 2. The van der Waals surface area contributed by atoms with Gasteiger partial charge in [-0.2, -0.15) is 0 Å². The summed E-state index contributed by atoms with van der Waals surface area (Å²) in [5.41, 5.74) is 1.02. The molecule has 0 bridgehead atoms. The zero-order chi connectivity index (χ0) is 21.1. The second-order valence-corrected chi connectivity index (χ2v) is 8.95. The average Bonchev–Trinajstić information content (AvgIpc) is 2.65. The lowest BCUT2D eigenvalue weighted by atomic mass is 9.66. The van der Waals surface area contributed by atoms with Crippen molar-refractivity contribution in [1.82, 2.24) is 0 Å². The summed E-state index contributed by atoms with van der Waals surface area (Å²) in [4.78, 5) is 24.1. The number of fused-ring (bicyclic) bond motifs is 1. The van der Waals surface area contributed by atoms with E-state index < -0.39 is 12.2 Å². The third-order valence-electron chi connectivity index (χ3n) is 6.71. The number of cyclic esters (lactones) is 1. The monoisotopic (exact) mass is 406 g/mol. The van der Waals surface area contributed by atoms with Crippen LogP contribution in [-0.4, -0.2) is 46.6 Å². The topological polar surface area (TPSA) is 93.1 Å². The van der Waals surface area contributed by atoms with Crippen LogP contribution in [0.2, 0.25) is 0 Å². The zero-order valence-corrected chi connectivity index (χ0v) is 17.6. The van der Waals surface area contributed by atoms with Crippen LogP contribution in [-0.2, 0) is 19.1 Å². The number of hydrogen-bond acceptors (Lipinski definition) is 6. The number of carbonyl (C=O) groups is 2. The maximum Gasteiger partial charge on any atom is 0.308 e. The number of carbonyl (C=O) groups excluding carboxylic acids is 2. The Morgan fingerprint density at radius 1 is 1.31 bits per heavy atom. The summed E-state index contributed by atoms with van der Waals surface area (Å²) < 4.78 is 11.3. The third kappa shape index (κ3) is 5.28. The molecule has 0 aromatic carbocycles. The highest BCUT2D eigenvalue weighted by atomic mass is 16.6. The number of aliphatic hydroxyl groups is 2. The number of rotatable bonds is 6. The fourth-order valence-electron chi connectivity index (χ4n) is 4.84. The summed E-state index contributed by atoms with van der Waals surface area (Å²) in [6.45, 7) is 5.97. The standard InChI is InChI=1S/C23H34O6/c1-4-13(2)23(27)29-20-11-16(24)9-15-6-5-14(3)19(22(15)20)8-7-18-10-17(25)12-21(26)28-18/h5-6,9,13-14,16-20,22,24-25H,4,7-8,10-12H2,1-3H3/t13-,14-,16+,17?,18+,19-,20?,22-/m1/s1. The number of ether oxygens (including phenoxy) is 2. The molecule has 2 unspecified atom stereocenters. The largest absolute Gasteiger partial charge is 0.462 e. The van der Waals surface area contributed by atoms with Gasteiger partial charge in [-0.05, 0) is 36.7 Å². The van der Waals surface area contributed by atoms with E-state index in [0.29, 0.717) is 19.3 Å². The van der Waals surface area contributed by atoms with Crippen LogP contribution in [0.1, 0.15) is 59.3 Å². The van der Waals surface area contributed by atoms with E-state index in [1.54, 1.807) is 0 Å². The Morgan fingerprint density at radius 2 is 2.07 bits per heavy atom. The van der Waals surface area contributed by atoms with Gasteiger partial charge < -0.3 is 19.7 Å². The van der Waals surface area contributed by atoms with Crippen molar-refractivity contribution in [3.63, 3.8) is 0 Å². The second-order valence-electron chi connectivity index (χ2n) is 8.95. The van der Waals surface area contributed by atoms with E-state index in [9.17, 15) is 19.8 Å². The molecule has 2 aliphatic carbocycles. The molecule has 6 heteroatoms. The fourth-order valence-corrected chi connectivity index (χ4v) is 4.84. The van der Waals surface area contributed by atoms with Crippen LogP contribution in [0.4, 0.5) is 0 Å². The molecule has 1 saturated heterocycles. The third-order valence-corrected chi connectivity index (χ3v) is 6.71. The first-order chi connectivity index (χ1) is 13.8. The van der Waals surface area contributed by atoms with Crippen molar-refractivity contribution in [3.8, 4) is 0 Å². The van der Waals surface area contributed by atoms with Gasteiger partial charge in [-0.15, -0.1) is 0 Å².